The van der Waals surface area contributed by atoms with Gasteiger partial charge in [0.1, 0.15) is 0 Å². The Labute approximate surface area is 96.5 Å². The lowest BCUT2D eigenvalue weighted by molar-refractivity contribution is 0.245. The van der Waals surface area contributed by atoms with Crippen molar-refractivity contribution in [2.75, 3.05) is 13.2 Å². The molecule has 4 nitrogen and oxygen atoms in total. The number of nitrogens with one attached hydrogen (secondary N) is 2. The van der Waals surface area contributed by atoms with Gasteiger partial charge < -0.3 is 10.4 Å². The van der Waals surface area contributed by atoms with Gasteiger partial charge in [-0.25, -0.2) is 0 Å². The Bertz CT molecular complexity index is 336. The maximum atomic E-state index is 8.97. The fourth-order valence-electron chi connectivity index (χ4n) is 2.22. The predicted octanol–water partition coefficient (Wildman–Crippen LogP) is 1.28. The highest BCUT2D eigenvalue weighted by atomic mass is 16.3. The molecule has 2 rings (SSSR count). The topological polar surface area (TPSA) is 60.9 Å². The second-order valence-electron chi connectivity index (χ2n) is 4.99. The highest BCUT2D eigenvalue weighted by Gasteiger charge is 2.41. The SMILES string of the molecule is Cc1n[nH]c(C)c1CNCC1(CCO)CC1. The van der Waals surface area contributed by atoms with Crippen LogP contribution in [0, 0.1) is 19.3 Å². The van der Waals surface area contributed by atoms with Crippen LogP contribution in [0.3, 0.4) is 0 Å². The first-order valence-corrected chi connectivity index (χ1v) is 5.99. The zero-order valence-electron chi connectivity index (χ0n) is 10.1. The van der Waals surface area contributed by atoms with Gasteiger partial charge >= 0.3 is 0 Å². The van der Waals surface area contributed by atoms with Gasteiger partial charge in [-0.15, -0.1) is 0 Å². The molecule has 0 saturated heterocycles. The van der Waals surface area contributed by atoms with Crippen LogP contribution < -0.4 is 5.32 Å². The summed E-state index contributed by atoms with van der Waals surface area (Å²) >= 11 is 0. The van der Waals surface area contributed by atoms with Crippen molar-refractivity contribution in [1.29, 1.82) is 0 Å². The number of aromatic amines is 1. The van der Waals surface area contributed by atoms with Crippen LogP contribution in [-0.2, 0) is 6.54 Å². The van der Waals surface area contributed by atoms with Gasteiger partial charge in [0.15, 0.2) is 0 Å². The Hall–Kier alpha value is -0.870. The fraction of sp³-hybridized carbons (Fsp3) is 0.750. The average molecular weight is 223 g/mol. The van der Waals surface area contributed by atoms with Crippen molar-refractivity contribution >= 4 is 0 Å². The summed E-state index contributed by atoms with van der Waals surface area (Å²) < 4.78 is 0. The first-order valence-electron chi connectivity index (χ1n) is 5.99. The summed E-state index contributed by atoms with van der Waals surface area (Å²) in [6.45, 7) is 6.28. The Morgan fingerprint density at radius 2 is 2.19 bits per heavy atom. The molecule has 1 aliphatic carbocycles. The van der Waals surface area contributed by atoms with Crippen molar-refractivity contribution in [2.24, 2.45) is 5.41 Å². The molecule has 0 atom stereocenters. The van der Waals surface area contributed by atoms with E-state index < -0.39 is 0 Å². The summed E-state index contributed by atoms with van der Waals surface area (Å²) in [5, 5.41) is 19.6. The first kappa shape index (κ1) is 11.6. The number of nitrogens with zero attached hydrogens (tertiary/aromatic N) is 1. The van der Waals surface area contributed by atoms with Crippen LogP contribution >= 0.6 is 0 Å². The summed E-state index contributed by atoms with van der Waals surface area (Å²) in [5.41, 5.74) is 3.90. The zero-order chi connectivity index (χ0) is 11.6. The minimum Gasteiger partial charge on any atom is -0.396 e. The van der Waals surface area contributed by atoms with E-state index in [1.54, 1.807) is 0 Å². The van der Waals surface area contributed by atoms with Gasteiger partial charge in [0.2, 0.25) is 0 Å². The summed E-state index contributed by atoms with van der Waals surface area (Å²) in [4.78, 5) is 0. The lowest BCUT2D eigenvalue weighted by atomic mass is 10.0. The van der Waals surface area contributed by atoms with E-state index in [1.807, 2.05) is 6.92 Å². The number of aryl methyl sites for hydroxylation is 2. The van der Waals surface area contributed by atoms with E-state index in [0.29, 0.717) is 12.0 Å². The second-order valence-corrected chi connectivity index (χ2v) is 4.99. The van der Waals surface area contributed by atoms with Crippen LogP contribution in [0.1, 0.15) is 36.2 Å². The largest absolute Gasteiger partial charge is 0.396 e. The molecular formula is C12H21N3O. The summed E-state index contributed by atoms with van der Waals surface area (Å²) in [6.07, 6.45) is 3.44. The number of aliphatic hydroxyl groups excluding tert-OH is 1. The van der Waals surface area contributed by atoms with Crippen molar-refractivity contribution in [3.63, 3.8) is 0 Å². The quantitative estimate of drug-likeness (QED) is 0.681. The zero-order valence-corrected chi connectivity index (χ0v) is 10.1. The molecule has 1 aromatic rings. The molecule has 1 saturated carbocycles. The molecule has 0 unspecified atom stereocenters. The summed E-state index contributed by atoms with van der Waals surface area (Å²) in [7, 11) is 0. The highest BCUT2D eigenvalue weighted by Crippen LogP contribution is 2.47. The van der Waals surface area contributed by atoms with Crippen LogP contribution in [0.5, 0.6) is 0 Å². The molecule has 90 valence electrons. The van der Waals surface area contributed by atoms with E-state index in [9.17, 15) is 0 Å². The summed E-state index contributed by atoms with van der Waals surface area (Å²) in [6, 6.07) is 0. The molecule has 1 aliphatic rings. The highest BCUT2D eigenvalue weighted by molar-refractivity contribution is 5.22. The first-order chi connectivity index (χ1) is 7.67. The van der Waals surface area contributed by atoms with Gasteiger partial charge in [0.05, 0.1) is 5.69 Å². The molecule has 1 aromatic heterocycles. The van der Waals surface area contributed by atoms with Gasteiger partial charge in [-0.1, -0.05) is 0 Å². The van der Waals surface area contributed by atoms with Crippen LogP contribution in [0.25, 0.3) is 0 Å². The van der Waals surface area contributed by atoms with Gasteiger partial charge in [-0.05, 0) is 38.5 Å². The molecule has 0 bridgehead atoms. The Morgan fingerprint density at radius 3 is 2.69 bits per heavy atom. The predicted molar refractivity (Wildman–Crippen MR) is 63.1 cm³/mol. The van der Waals surface area contributed by atoms with Crippen molar-refractivity contribution in [3.8, 4) is 0 Å². The average Bonchev–Trinajstić information content (AvgIpc) is 2.94. The summed E-state index contributed by atoms with van der Waals surface area (Å²) in [5.74, 6) is 0. The molecule has 1 fully saturated rings. The van der Waals surface area contributed by atoms with Gasteiger partial charge in [0, 0.05) is 31.0 Å². The van der Waals surface area contributed by atoms with Gasteiger partial charge in [0.25, 0.3) is 0 Å². The lowest BCUT2D eigenvalue weighted by Gasteiger charge is -2.14. The number of aromatic nitrogens is 2. The van der Waals surface area contributed by atoms with E-state index in [0.717, 1.165) is 30.9 Å². The van der Waals surface area contributed by atoms with Gasteiger partial charge in [-0.3, -0.25) is 5.10 Å². The number of hydrogen-bond donors (Lipinski definition) is 3. The van der Waals surface area contributed by atoms with Crippen molar-refractivity contribution in [2.45, 2.75) is 39.7 Å². The maximum Gasteiger partial charge on any atom is 0.0638 e. The van der Waals surface area contributed by atoms with Crippen LogP contribution in [-0.4, -0.2) is 28.5 Å². The fourth-order valence-corrected chi connectivity index (χ4v) is 2.22. The molecule has 0 aliphatic heterocycles. The molecule has 0 radical (unpaired) electrons. The number of aliphatic hydroxyl groups is 1. The Kier molecular flexibility index (Phi) is 3.30. The van der Waals surface area contributed by atoms with Crippen LogP contribution in [0.2, 0.25) is 0 Å². The number of hydrogen-bond acceptors (Lipinski definition) is 3. The number of rotatable bonds is 6. The monoisotopic (exact) mass is 223 g/mol. The lowest BCUT2D eigenvalue weighted by Crippen LogP contribution is -2.24. The van der Waals surface area contributed by atoms with Crippen molar-refractivity contribution < 1.29 is 5.11 Å². The van der Waals surface area contributed by atoms with Crippen LogP contribution in [0.15, 0.2) is 0 Å². The molecule has 3 N–H and O–H groups in total. The minimum atomic E-state index is 0.311. The number of H-pyrrole nitrogens is 1. The molecule has 16 heavy (non-hydrogen) atoms. The molecular weight excluding hydrogens is 202 g/mol. The second kappa shape index (κ2) is 4.55. The van der Waals surface area contributed by atoms with Gasteiger partial charge in [-0.2, -0.15) is 5.10 Å². The van der Waals surface area contributed by atoms with Crippen LogP contribution in [0.4, 0.5) is 0 Å². The van der Waals surface area contributed by atoms with E-state index in [1.165, 1.54) is 18.4 Å². The Morgan fingerprint density at radius 1 is 1.44 bits per heavy atom. The van der Waals surface area contributed by atoms with Crippen molar-refractivity contribution in [1.82, 2.24) is 15.5 Å². The van der Waals surface area contributed by atoms with Crippen molar-refractivity contribution in [3.05, 3.63) is 17.0 Å². The third-order valence-corrected chi connectivity index (χ3v) is 3.68. The normalized spacial score (nSPS) is 17.7. The molecule has 0 amide bonds. The third-order valence-electron chi connectivity index (χ3n) is 3.68. The Balaban J connectivity index is 1.80. The minimum absolute atomic E-state index is 0.311. The molecule has 0 aromatic carbocycles. The molecule has 4 heteroatoms. The smallest absolute Gasteiger partial charge is 0.0638 e. The third kappa shape index (κ3) is 2.44. The van der Waals surface area contributed by atoms with E-state index in [-0.39, 0.29) is 0 Å². The molecule has 1 heterocycles. The molecule has 0 spiro atoms. The van der Waals surface area contributed by atoms with E-state index in [2.05, 4.69) is 22.4 Å². The standard InChI is InChI=1S/C12H21N3O/c1-9-11(10(2)15-14-9)7-13-8-12(3-4-12)5-6-16/h13,16H,3-8H2,1-2H3,(H,14,15). The maximum absolute atomic E-state index is 8.97. The van der Waals surface area contributed by atoms with E-state index >= 15 is 0 Å². The van der Waals surface area contributed by atoms with E-state index in [4.69, 9.17) is 5.11 Å².